The van der Waals surface area contributed by atoms with Gasteiger partial charge >= 0.3 is 11.9 Å². The van der Waals surface area contributed by atoms with Crippen LogP contribution in [0.5, 0.6) is 0 Å². The second-order valence-corrected chi connectivity index (χ2v) is 18.6. The number of carbonyl (C=O) groups excluding carboxylic acids is 2. The molecule has 4 heteroatoms. The molecule has 8 atom stereocenters. The first-order valence-corrected chi connectivity index (χ1v) is 19.4. The molecule has 0 spiro atoms. The number of hydrogen-bond donors (Lipinski definition) is 0. The Labute approximate surface area is 279 Å². The van der Waals surface area contributed by atoms with E-state index in [9.17, 15) is 9.59 Å². The molecule has 6 aliphatic carbocycles. The summed E-state index contributed by atoms with van der Waals surface area (Å²) in [6.45, 7) is 14.4. The third kappa shape index (κ3) is 5.03. The van der Waals surface area contributed by atoms with Gasteiger partial charge in [0.2, 0.25) is 0 Å². The molecule has 0 saturated heterocycles. The molecule has 46 heavy (non-hydrogen) atoms. The van der Waals surface area contributed by atoms with Gasteiger partial charge in [0.05, 0.1) is 11.1 Å². The molecule has 0 heterocycles. The second-order valence-electron chi connectivity index (χ2n) is 18.6. The van der Waals surface area contributed by atoms with Crippen LogP contribution in [0.4, 0.5) is 0 Å². The van der Waals surface area contributed by atoms with Gasteiger partial charge in [-0.15, -0.1) is 0 Å². The van der Waals surface area contributed by atoms with Crippen LogP contribution in [0, 0.1) is 57.2 Å². The normalized spacial score (nSPS) is 39.9. The van der Waals surface area contributed by atoms with Gasteiger partial charge in [0, 0.05) is 22.7 Å². The third-order valence-electron chi connectivity index (χ3n) is 16.3. The highest BCUT2D eigenvalue weighted by Gasteiger charge is 2.69. The van der Waals surface area contributed by atoms with Crippen molar-refractivity contribution in [2.24, 2.45) is 57.2 Å². The lowest BCUT2D eigenvalue weighted by Crippen LogP contribution is -2.42. The van der Waals surface area contributed by atoms with E-state index in [0.717, 1.165) is 24.7 Å². The zero-order valence-electron chi connectivity index (χ0n) is 29.9. The predicted molar refractivity (Wildman–Crippen MR) is 183 cm³/mol. The average Bonchev–Trinajstić information content (AvgIpc) is 3.54. The topological polar surface area (TPSA) is 52.6 Å². The van der Waals surface area contributed by atoms with E-state index in [-0.39, 0.29) is 45.8 Å². The lowest BCUT2D eigenvalue weighted by atomic mass is 9.69. The Balaban J connectivity index is 1.12. The summed E-state index contributed by atoms with van der Waals surface area (Å²) >= 11 is 0. The van der Waals surface area contributed by atoms with E-state index in [0.29, 0.717) is 34.8 Å². The molecule has 0 aliphatic heterocycles. The fourth-order valence-corrected chi connectivity index (χ4v) is 12.8. The molecule has 6 fully saturated rings. The molecule has 0 N–H and O–H groups in total. The van der Waals surface area contributed by atoms with Crippen LogP contribution in [-0.4, -0.2) is 24.1 Å². The predicted octanol–water partition coefficient (Wildman–Crippen LogP) is 10.8. The monoisotopic (exact) mass is 630 g/mol. The van der Waals surface area contributed by atoms with E-state index in [1.54, 1.807) is 12.1 Å². The van der Waals surface area contributed by atoms with Crippen LogP contribution < -0.4 is 0 Å². The molecule has 6 saturated carbocycles. The minimum Gasteiger partial charge on any atom is -0.458 e. The molecular weight excluding hydrogens is 568 g/mol. The smallest absolute Gasteiger partial charge is 0.339 e. The van der Waals surface area contributed by atoms with Crippen molar-refractivity contribution in [3.05, 3.63) is 35.4 Å². The van der Waals surface area contributed by atoms with E-state index in [1.807, 2.05) is 12.1 Å². The average molecular weight is 631 g/mol. The molecule has 0 radical (unpaired) electrons. The van der Waals surface area contributed by atoms with Gasteiger partial charge < -0.3 is 9.47 Å². The molecule has 1 aromatic carbocycles. The fourth-order valence-electron chi connectivity index (χ4n) is 12.8. The Morgan fingerprint density at radius 1 is 0.587 bits per heavy atom. The van der Waals surface area contributed by atoms with Crippen molar-refractivity contribution in [2.45, 2.75) is 156 Å². The molecular formula is C42H62O4. The van der Waals surface area contributed by atoms with Gasteiger partial charge in [-0.25, -0.2) is 9.59 Å². The maximum Gasteiger partial charge on any atom is 0.339 e. The first-order chi connectivity index (χ1) is 21.9. The molecule has 4 nitrogen and oxygen atoms in total. The number of rotatable bonds is 8. The van der Waals surface area contributed by atoms with Crippen LogP contribution in [0.1, 0.15) is 165 Å². The zero-order chi connectivity index (χ0) is 32.5. The zero-order valence-corrected chi connectivity index (χ0v) is 29.9. The Morgan fingerprint density at radius 2 is 0.957 bits per heavy atom. The highest BCUT2D eigenvalue weighted by molar-refractivity contribution is 6.03. The van der Waals surface area contributed by atoms with Crippen molar-refractivity contribution in [3.63, 3.8) is 0 Å². The summed E-state index contributed by atoms with van der Waals surface area (Å²) in [7, 11) is 0. The van der Waals surface area contributed by atoms with E-state index in [4.69, 9.17) is 9.47 Å². The number of benzene rings is 1. The molecule has 6 aliphatic rings. The minimum atomic E-state index is -0.339. The van der Waals surface area contributed by atoms with Gasteiger partial charge in [0.15, 0.2) is 0 Å². The van der Waals surface area contributed by atoms with Gasteiger partial charge in [-0.3, -0.25) is 0 Å². The van der Waals surface area contributed by atoms with Crippen molar-refractivity contribution >= 4 is 11.9 Å². The number of fused-ring (bicyclic) bond motifs is 4. The lowest BCUT2D eigenvalue weighted by Gasteiger charge is -2.41. The van der Waals surface area contributed by atoms with E-state index >= 15 is 0 Å². The molecule has 254 valence electrons. The molecule has 7 rings (SSSR count). The first kappa shape index (κ1) is 32.7. The number of esters is 2. The highest BCUT2D eigenvalue weighted by atomic mass is 16.6. The number of carbonyl (C=O) groups is 2. The Morgan fingerprint density at radius 3 is 1.33 bits per heavy atom. The molecule has 0 unspecified atom stereocenters. The van der Waals surface area contributed by atoms with Crippen molar-refractivity contribution in [3.8, 4) is 0 Å². The summed E-state index contributed by atoms with van der Waals surface area (Å²) in [5, 5.41) is 0. The SMILES string of the molecule is CC1(C)[C@H]2CC[C@]1(C)[C@@H](OC(=O)c1ccccc1C(=O)O[C@H]1[C@@H](CC3CCCCC3)[C@@H]3CC[C@@]1(C)C3(C)C)[C@H]2CC1CCCCC1. The van der Waals surface area contributed by atoms with Crippen LogP contribution >= 0.6 is 0 Å². The van der Waals surface area contributed by atoms with Gasteiger partial charge in [0.1, 0.15) is 12.2 Å². The Hall–Kier alpha value is -1.84. The van der Waals surface area contributed by atoms with Crippen molar-refractivity contribution < 1.29 is 19.1 Å². The Bertz CT molecular complexity index is 1200. The Kier molecular flexibility index (Phi) is 8.49. The summed E-state index contributed by atoms with van der Waals surface area (Å²) in [6, 6.07) is 7.32. The van der Waals surface area contributed by atoms with Crippen LogP contribution in [0.15, 0.2) is 24.3 Å². The van der Waals surface area contributed by atoms with Crippen LogP contribution in [0.3, 0.4) is 0 Å². The first-order valence-electron chi connectivity index (χ1n) is 19.4. The van der Waals surface area contributed by atoms with Crippen molar-refractivity contribution in [1.82, 2.24) is 0 Å². The molecule has 0 aromatic heterocycles. The molecule has 0 amide bonds. The molecule has 4 bridgehead atoms. The lowest BCUT2D eigenvalue weighted by molar-refractivity contribution is -0.0482. The number of ether oxygens (including phenoxy) is 2. The minimum absolute atomic E-state index is 0.0439. The second kappa shape index (κ2) is 11.9. The number of hydrogen-bond acceptors (Lipinski definition) is 4. The van der Waals surface area contributed by atoms with Gasteiger partial charge in [-0.1, -0.05) is 118 Å². The molecule has 1 aromatic rings. The van der Waals surface area contributed by atoms with E-state index in [2.05, 4.69) is 41.5 Å². The summed E-state index contributed by atoms with van der Waals surface area (Å²) in [6.07, 6.45) is 20.1. The summed E-state index contributed by atoms with van der Waals surface area (Å²) in [5.74, 6) is 2.78. The quantitative estimate of drug-likeness (QED) is 0.268. The van der Waals surface area contributed by atoms with Crippen LogP contribution in [0.25, 0.3) is 0 Å². The fraction of sp³-hybridized carbons (Fsp3) is 0.810. The van der Waals surface area contributed by atoms with Crippen LogP contribution in [0.2, 0.25) is 0 Å². The summed E-state index contributed by atoms with van der Waals surface area (Å²) in [5.41, 5.74) is 0.935. The van der Waals surface area contributed by atoms with Crippen molar-refractivity contribution in [2.75, 3.05) is 0 Å². The maximum atomic E-state index is 14.2. The van der Waals surface area contributed by atoms with Gasteiger partial charge in [-0.2, -0.15) is 0 Å². The summed E-state index contributed by atoms with van der Waals surface area (Å²) < 4.78 is 13.3. The third-order valence-corrected chi connectivity index (χ3v) is 16.3. The van der Waals surface area contributed by atoms with Gasteiger partial charge in [0.25, 0.3) is 0 Å². The van der Waals surface area contributed by atoms with Crippen LogP contribution in [-0.2, 0) is 9.47 Å². The summed E-state index contributed by atoms with van der Waals surface area (Å²) in [4.78, 5) is 28.4. The standard InChI is InChI=1S/C42H62O4/c1-39(2)33-21-23-41(39,5)35(31(33)25-27-15-9-7-10-16-27)45-37(43)29-19-13-14-20-30(29)38(44)46-36-32(26-28-17-11-8-12-18-28)34-22-24-42(36,6)40(34,3)4/h13-14,19-20,27-28,31-36H,7-12,15-18,21-26H2,1-6H3/t31-,32-,33-,34-,35-,36-,41+,42+/m0/s1. The van der Waals surface area contributed by atoms with E-state index in [1.165, 1.54) is 89.9 Å². The highest BCUT2D eigenvalue weighted by Crippen LogP contribution is 2.71. The van der Waals surface area contributed by atoms with Gasteiger partial charge in [-0.05, 0) is 85.2 Å². The van der Waals surface area contributed by atoms with Crippen molar-refractivity contribution in [1.29, 1.82) is 0 Å². The maximum absolute atomic E-state index is 14.2. The largest absolute Gasteiger partial charge is 0.458 e. The van der Waals surface area contributed by atoms with E-state index < -0.39 is 0 Å².